The molecule has 0 aliphatic heterocycles. The third-order valence-electron chi connectivity index (χ3n) is 3.53. The van der Waals surface area contributed by atoms with E-state index in [0.29, 0.717) is 11.5 Å². The zero-order chi connectivity index (χ0) is 13.5. The van der Waals surface area contributed by atoms with Crippen LogP contribution in [0.3, 0.4) is 0 Å². The van der Waals surface area contributed by atoms with Crippen LogP contribution in [0, 0.1) is 5.92 Å². The van der Waals surface area contributed by atoms with E-state index in [4.69, 9.17) is 9.47 Å². The van der Waals surface area contributed by atoms with Crippen molar-refractivity contribution in [3.8, 4) is 0 Å². The number of hydrogen-bond donors (Lipinski definition) is 0. The normalized spacial score (nSPS) is 22.5. The summed E-state index contributed by atoms with van der Waals surface area (Å²) in [4.78, 5) is 11.9. The Bertz CT molecular complexity index is 405. The first-order valence-corrected chi connectivity index (χ1v) is 6.78. The summed E-state index contributed by atoms with van der Waals surface area (Å²) in [6, 6.07) is 9.15. The van der Waals surface area contributed by atoms with Crippen LogP contribution in [0.25, 0.3) is 0 Å². The standard InChI is InChI=1S/C16H20O3/c1-2-18-12-13-8-10-15(11-9-13)19-16(17)14-6-4-3-5-7-14/h2-7,13,15H,1,8-12H2. The second-order valence-electron chi connectivity index (χ2n) is 4.91. The summed E-state index contributed by atoms with van der Waals surface area (Å²) in [7, 11) is 0. The van der Waals surface area contributed by atoms with Gasteiger partial charge in [-0.05, 0) is 43.7 Å². The lowest BCUT2D eigenvalue weighted by Gasteiger charge is -2.27. The van der Waals surface area contributed by atoms with Gasteiger partial charge in [0.1, 0.15) is 6.10 Å². The fourth-order valence-electron chi connectivity index (χ4n) is 2.41. The Morgan fingerprint density at radius 3 is 2.53 bits per heavy atom. The molecule has 2 rings (SSSR count). The lowest BCUT2D eigenvalue weighted by Crippen LogP contribution is -2.26. The summed E-state index contributed by atoms with van der Waals surface area (Å²) in [5.41, 5.74) is 0.625. The largest absolute Gasteiger partial charge is 0.502 e. The van der Waals surface area contributed by atoms with Crippen molar-refractivity contribution >= 4 is 5.97 Å². The van der Waals surface area contributed by atoms with Crippen molar-refractivity contribution in [3.63, 3.8) is 0 Å². The van der Waals surface area contributed by atoms with Gasteiger partial charge in [0.15, 0.2) is 0 Å². The van der Waals surface area contributed by atoms with Crippen LogP contribution in [0.5, 0.6) is 0 Å². The van der Waals surface area contributed by atoms with Crippen molar-refractivity contribution < 1.29 is 14.3 Å². The van der Waals surface area contributed by atoms with Gasteiger partial charge in [-0.25, -0.2) is 4.79 Å². The molecule has 0 radical (unpaired) electrons. The number of ether oxygens (including phenoxy) is 2. The fraction of sp³-hybridized carbons (Fsp3) is 0.438. The highest BCUT2D eigenvalue weighted by Gasteiger charge is 2.24. The molecule has 0 bridgehead atoms. The van der Waals surface area contributed by atoms with Gasteiger partial charge in [0.2, 0.25) is 0 Å². The Kier molecular flexibility index (Phi) is 5.01. The highest BCUT2D eigenvalue weighted by Crippen LogP contribution is 2.27. The average molecular weight is 260 g/mol. The summed E-state index contributed by atoms with van der Waals surface area (Å²) < 4.78 is 10.7. The number of carbonyl (C=O) groups is 1. The van der Waals surface area contributed by atoms with Crippen molar-refractivity contribution in [3.05, 3.63) is 48.7 Å². The van der Waals surface area contributed by atoms with E-state index in [9.17, 15) is 4.79 Å². The third-order valence-corrected chi connectivity index (χ3v) is 3.53. The molecule has 0 unspecified atom stereocenters. The third kappa shape index (κ3) is 4.12. The molecular formula is C16H20O3. The molecule has 0 amide bonds. The number of rotatable bonds is 5. The Morgan fingerprint density at radius 2 is 1.89 bits per heavy atom. The minimum atomic E-state index is -0.216. The maximum Gasteiger partial charge on any atom is 0.338 e. The summed E-state index contributed by atoms with van der Waals surface area (Å²) in [6.07, 6.45) is 5.46. The summed E-state index contributed by atoms with van der Waals surface area (Å²) in [6.45, 7) is 4.27. The lowest BCUT2D eigenvalue weighted by atomic mass is 9.88. The maximum atomic E-state index is 11.9. The van der Waals surface area contributed by atoms with Gasteiger partial charge < -0.3 is 9.47 Å². The monoisotopic (exact) mass is 260 g/mol. The molecule has 102 valence electrons. The zero-order valence-corrected chi connectivity index (χ0v) is 11.1. The van der Waals surface area contributed by atoms with Gasteiger partial charge in [0, 0.05) is 0 Å². The van der Waals surface area contributed by atoms with Crippen LogP contribution in [0.1, 0.15) is 36.0 Å². The molecule has 1 aliphatic carbocycles. The number of hydrogen-bond acceptors (Lipinski definition) is 3. The van der Waals surface area contributed by atoms with Crippen LogP contribution in [0.15, 0.2) is 43.2 Å². The fourth-order valence-corrected chi connectivity index (χ4v) is 2.41. The van der Waals surface area contributed by atoms with E-state index >= 15 is 0 Å². The molecule has 0 saturated heterocycles. The number of carbonyl (C=O) groups excluding carboxylic acids is 1. The molecule has 1 aromatic carbocycles. The van der Waals surface area contributed by atoms with Crippen LogP contribution in [0.4, 0.5) is 0 Å². The van der Waals surface area contributed by atoms with E-state index < -0.39 is 0 Å². The Balaban J connectivity index is 1.76. The van der Waals surface area contributed by atoms with Gasteiger partial charge in [0.05, 0.1) is 18.4 Å². The molecule has 1 fully saturated rings. The van der Waals surface area contributed by atoms with E-state index in [1.165, 1.54) is 6.26 Å². The molecule has 0 N–H and O–H groups in total. The molecule has 3 nitrogen and oxygen atoms in total. The van der Waals surface area contributed by atoms with Crippen LogP contribution in [0.2, 0.25) is 0 Å². The maximum absolute atomic E-state index is 11.9. The second-order valence-corrected chi connectivity index (χ2v) is 4.91. The van der Waals surface area contributed by atoms with Crippen molar-refractivity contribution in [1.29, 1.82) is 0 Å². The van der Waals surface area contributed by atoms with Gasteiger partial charge >= 0.3 is 5.97 Å². The van der Waals surface area contributed by atoms with Crippen LogP contribution in [-0.4, -0.2) is 18.7 Å². The van der Waals surface area contributed by atoms with Crippen molar-refractivity contribution in [2.75, 3.05) is 6.61 Å². The summed E-state index contributed by atoms with van der Waals surface area (Å²) >= 11 is 0. The predicted octanol–water partition coefficient (Wildman–Crippen LogP) is 3.56. The van der Waals surface area contributed by atoms with E-state index in [1.54, 1.807) is 12.1 Å². The summed E-state index contributed by atoms with van der Waals surface area (Å²) in [5.74, 6) is 0.344. The van der Waals surface area contributed by atoms with Crippen molar-refractivity contribution in [1.82, 2.24) is 0 Å². The first-order chi connectivity index (χ1) is 9.29. The second kappa shape index (κ2) is 6.98. The molecule has 1 aliphatic rings. The SMILES string of the molecule is C=COCC1CCC(OC(=O)c2ccccc2)CC1. The van der Waals surface area contributed by atoms with E-state index in [0.717, 1.165) is 32.3 Å². The van der Waals surface area contributed by atoms with E-state index in [-0.39, 0.29) is 12.1 Å². The van der Waals surface area contributed by atoms with Gasteiger partial charge in [-0.1, -0.05) is 24.8 Å². The minimum absolute atomic E-state index is 0.0488. The Morgan fingerprint density at radius 1 is 1.21 bits per heavy atom. The molecular weight excluding hydrogens is 240 g/mol. The van der Waals surface area contributed by atoms with Gasteiger partial charge in [-0.15, -0.1) is 0 Å². The molecule has 0 heterocycles. The quantitative estimate of drug-likeness (QED) is 0.600. The number of benzene rings is 1. The van der Waals surface area contributed by atoms with E-state index in [1.807, 2.05) is 18.2 Å². The van der Waals surface area contributed by atoms with Gasteiger partial charge in [-0.3, -0.25) is 0 Å². The van der Waals surface area contributed by atoms with E-state index in [2.05, 4.69) is 6.58 Å². The molecule has 0 atom stereocenters. The molecule has 0 aromatic heterocycles. The first-order valence-electron chi connectivity index (χ1n) is 6.78. The zero-order valence-electron chi connectivity index (χ0n) is 11.1. The molecule has 19 heavy (non-hydrogen) atoms. The highest BCUT2D eigenvalue weighted by atomic mass is 16.5. The lowest BCUT2D eigenvalue weighted by molar-refractivity contribution is 0.0128. The van der Waals surface area contributed by atoms with Crippen LogP contribution in [-0.2, 0) is 9.47 Å². The summed E-state index contributed by atoms with van der Waals surface area (Å²) in [5, 5.41) is 0. The topological polar surface area (TPSA) is 35.5 Å². The van der Waals surface area contributed by atoms with Crippen molar-refractivity contribution in [2.24, 2.45) is 5.92 Å². The smallest absolute Gasteiger partial charge is 0.338 e. The molecule has 1 saturated carbocycles. The Hall–Kier alpha value is -1.77. The average Bonchev–Trinajstić information content (AvgIpc) is 2.47. The first kappa shape index (κ1) is 13.7. The molecule has 3 heteroatoms. The van der Waals surface area contributed by atoms with Gasteiger partial charge in [0.25, 0.3) is 0 Å². The van der Waals surface area contributed by atoms with Crippen LogP contribution < -0.4 is 0 Å². The van der Waals surface area contributed by atoms with Gasteiger partial charge in [-0.2, -0.15) is 0 Å². The highest BCUT2D eigenvalue weighted by molar-refractivity contribution is 5.89. The minimum Gasteiger partial charge on any atom is -0.502 e. The van der Waals surface area contributed by atoms with Crippen LogP contribution >= 0.6 is 0 Å². The Labute approximate surface area is 114 Å². The predicted molar refractivity (Wildman–Crippen MR) is 73.8 cm³/mol. The molecule has 0 spiro atoms. The number of esters is 1. The molecule has 1 aromatic rings. The van der Waals surface area contributed by atoms with Crippen molar-refractivity contribution in [2.45, 2.75) is 31.8 Å².